The van der Waals surface area contributed by atoms with Crippen LogP contribution < -0.4 is 19.5 Å². The van der Waals surface area contributed by atoms with Crippen molar-refractivity contribution in [2.75, 3.05) is 13.9 Å². The van der Waals surface area contributed by atoms with Crippen molar-refractivity contribution in [1.82, 2.24) is 5.32 Å². The fraction of sp³-hybridized carbons (Fsp3) is 0.273. The van der Waals surface area contributed by atoms with E-state index in [1.54, 1.807) is 31.4 Å². The van der Waals surface area contributed by atoms with Crippen molar-refractivity contribution in [1.29, 1.82) is 0 Å². The average Bonchev–Trinajstić information content (AvgIpc) is 3.37. The summed E-state index contributed by atoms with van der Waals surface area (Å²) in [7, 11) is 1.57. The van der Waals surface area contributed by atoms with Gasteiger partial charge < -0.3 is 28.7 Å². The molecule has 1 aliphatic rings. The lowest BCUT2D eigenvalue weighted by molar-refractivity contribution is -0.154. The number of methoxy groups -OCH3 is 1. The van der Waals surface area contributed by atoms with E-state index in [1.165, 1.54) is 13.2 Å². The molecule has 3 aromatic rings. The van der Waals surface area contributed by atoms with E-state index in [4.69, 9.17) is 23.4 Å². The Morgan fingerprint density at radius 1 is 1.13 bits per heavy atom. The Balaban J connectivity index is 1.30. The smallest absolute Gasteiger partial charge is 0.311 e. The second-order valence-corrected chi connectivity index (χ2v) is 6.84. The molecule has 0 radical (unpaired) electrons. The van der Waals surface area contributed by atoms with Crippen LogP contribution in [0.3, 0.4) is 0 Å². The molecule has 8 nitrogen and oxygen atoms in total. The maximum absolute atomic E-state index is 12.3. The molecule has 4 rings (SSSR count). The maximum atomic E-state index is 12.3. The molecule has 0 spiro atoms. The number of hydrogen-bond donors (Lipinski definition) is 1. The van der Waals surface area contributed by atoms with Crippen LogP contribution >= 0.6 is 0 Å². The van der Waals surface area contributed by atoms with E-state index in [0.29, 0.717) is 28.4 Å². The van der Waals surface area contributed by atoms with Crippen LogP contribution in [0.1, 0.15) is 18.1 Å². The predicted octanol–water partition coefficient (Wildman–Crippen LogP) is 2.96. The monoisotopic (exact) mass is 411 g/mol. The minimum absolute atomic E-state index is 0.000883. The number of carbonyl (C=O) groups is 2. The SMILES string of the molecule is COc1ccc2c(CC(=O)O[C@@H](C)C(=O)NCc3ccc4c(c3)OCO4)coc2c1. The Morgan fingerprint density at radius 2 is 1.97 bits per heavy atom. The van der Waals surface area contributed by atoms with E-state index in [-0.39, 0.29) is 25.7 Å². The topological polar surface area (TPSA) is 96.2 Å². The molecule has 0 saturated heterocycles. The Labute approximate surface area is 172 Å². The number of benzene rings is 2. The van der Waals surface area contributed by atoms with Gasteiger partial charge in [-0.3, -0.25) is 9.59 Å². The van der Waals surface area contributed by atoms with Crippen molar-refractivity contribution >= 4 is 22.8 Å². The standard InChI is InChI=1S/C22H21NO7/c1-13(22(25)23-10-14-3-6-18-20(7-14)29-12-28-18)30-21(24)8-15-11-27-19-9-16(26-2)4-5-17(15)19/h3-7,9,11,13H,8,10,12H2,1-2H3,(H,23,25)/t13-/m0/s1. The Hall–Kier alpha value is -3.68. The number of amides is 1. The van der Waals surface area contributed by atoms with Crippen molar-refractivity contribution in [2.45, 2.75) is 26.0 Å². The summed E-state index contributed by atoms with van der Waals surface area (Å²) < 4.78 is 26.5. The van der Waals surface area contributed by atoms with Crippen LogP contribution in [0, 0.1) is 0 Å². The molecular weight excluding hydrogens is 390 g/mol. The average molecular weight is 411 g/mol. The lowest BCUT2D eigenvalue weighted by Gasteiger charge is -2.13. The highest BCUT2D eigenvalue weighted by molar-refractivity contribution is 5.88. The number of nitrogens with one attached hydrogen (secondary N) is 1. The first-order valence-corrected chi connectivity index (χ1v) is 9.43. The van der Waals surface area contributed by atoms with Crippen LogP contribution in [0.4, 0.5) is 0 Å². The highest BCUT2D eigenvalue weighted by Crippen LogP contribution is 2.32. The van der Waals surface area contributed by atoms with Crippen LogP contribution in [-0.4, -0.2) is 31.9 Å². The largest absolute Gasteiger partial charge is 0.497 e. The van der Waals surface area contributed by atoms with Crippen LogP contribution in [-0.2, 0) is 27.3 Å². The molecule has 0 fully saturated rings. The fourth-order valence-corrected chi connectivity index (χ4v) is 3.16. The molecule has 1 amide bonds. The number of ether oxygens (including phenoxy) is 4. The summed E-state index contributed by atoms with van der Waals surface area (Å²) in [6.07, 6.45) is 0.583. The molecule has 1 aromatic heterocycles. The number of fused-ring (bicyclic) bond motifs is 2. The third-order valence-corrected chi connectivity index (χ3v) is 4.78. The maximum Gasteiger partial charge on any atom is 0.311 e. The third-order valence-electron chi connectivity index (χ3n) is 4.78. The van der Waals surface area contributed by atoms with Crippen molar-refractivity contribution in [3.8, 4) is 17.2 Å². The van der Waals surface area contributed by atoms with Crippen molar-refractivity contribution < 1.29 is 33.0 Å². The highest BCUT2D eigenvalue weighted by atomic mass is 16.7. The van der Waals surface area contributed by atoms with Crippen molar-refractivity contribution in [3.63, 3.8) is 0 Å². The minimum atomic E-state index is -0.926. The van der Waals surface area contributed by atoms with Gasteiger partial charge in [-0.2, -0.15) is 0 Å². The van der Waals surface area contributed by atoms with E-state index in [0.717, 1.165) is 10.9 Å². The molecule has 1 N–H and O–H groups in total. The summed E-state index contributed by atoms with van der Waals surface area (Å²) in [6, 6.07) is 10.8. The predicted molar refractivity (Wildman–Crippen MR) is 106 cm³/mol. The van der Waals surface area contributed by atoms with Gasteiger partial charge in [-0.1, -0.05) is 6.07 Å². The molecule has 2 aromatic carbocycles. The number of esters is 1. The van der Waals surface area contributed by atoms with E-state index < -0.39 is 12.1 Å². The summed E-state index contributed by atoms with van der Waals surface area (Å²) >= 11 is 0. The Kier molecular flexibility index (Phi) is 5.47. The third kappa shape index (κ3) is 4.17. The van der Waals surface area contributed by atoms with Gasteiger partial charge >= 0.3 is 5.97 Å². The number of hydrogen-bond acceptors (Lipinski definition) is 7. The van der Waals surface area contributed by atoms with Gasteiger partial charge in [0.1, 0.15) is 11.3 Å². The molecule has 156 valence electrons. The van der Waals surface area contributed by atoms with Gasteiger partial charge in [-0.15, -0.1) is 0 Å². The first kappa shape index (κ1) is 19.6. The number of carbonyl (C=O) groups excluding carboxylic acids is 2. The van der Waals surface area contributed by atoms with Gasteiger partial charge in [0.05, 0.1) is 19.8 Å². The summed E-state index contributed by atoms with van der Waals surface area (Å²) in [4.78, 5) is 24.6. The first-order chi connectivity index (χ1) is 14.5. The molecule has 30 heavy (non-hydrogen) atoms. The molecule has 0 bridgehead atoms. The normalized spacial score (nSPS) is 13.1. The molecule has 0 saturated carbocycles. The van der Waals surface area contributed by atoms with Crippen LogP contribution in [0.15, 0.2) is 47.1 Å². The Bertz CT molecular complexity index is 1090. The second kappa shape index (κ2) is 8.36. The first-order valence-electron chi connectivity index (χ1n) is 9.43. The minimum Gasteiger partial charge on any atom is -0.497 e. The number of rotatable bonds is 7. The van der Waals surface area contributed by atoms with Crippen LogP contribution in [0.2, 0.25) is 0 Å². The summed E-state index contributed by atoms with van der Waals surface area (Å²) in [5, 5.41) is 3.55. The van der Waals surface area contributed by atoms with E-state index in [1.807, 2.05) is 12.1 Å². The molecule has 0 aliphatic carbocycles. The molecule has 8 heteroatoms. The molecule has 2 heterocycles. The zero-order valence-corrected chi connectivity index (χ0v) is 16.6. The number of furan rings is 1. The lowest BCUT2D eigenvalue weighted by atomic mass is 10.1. The second-order valence-electron chi connectivity index (χ2n) is 6.84. The lowest BCUT2D eigenvalue weighted by Crippen LogP contribution is -2.35. The summed E-state index contributed by atoms with van der Waals surface area (Å²) in [5.41, 5.74) is 2.16. The molecule has 0 unspecified atom stereocenters. The fourth-order valence-electron chi connectivity index (χ4n) is 3.16. The van der Waals surface area contributed by atoms with E-state index in [9.17, 15) is 9.59 Å². The van der Waals surface area contributed by atoms with Gasteiger partial charge in [0, 0.05) is 23.6 Å². The van der Waals surface area contributed by atoms with Gasteiger partial charge in [0.2, 0.25) is 6.79 Å². The van der Waals surface area contributed by atoms with E-state index >= 15 is 0 Å². The van der Waals surface area contributed by atoms with E-state index in [2.05, 4.69) is 5.32 Å². The van der Waals surface area contributed by atoms with Crippen molar-refractivity contribution in [3.05, 3.63) is 53.8 Å². The Morgan fingerprint density at radius 3 is 2.80 bits per heavy atom. The van der Waals surface area contributed by atoms with Gasteiger partial charge in [0.15, 0.2) is 17.6 Å². The molecular formula is C22H21NO7. The van der Waals surface area contributed by atoms with Gasteiger partial charge in [0.25, 0.3) is 5.91 Å². The summed E-state index contributed by atoms with van der Waals surface area (Å²) in [6.45, 7) is 2.01. The van der Waals surface area contributed by atoms with Gasteiger partial charge in [-0.25, -0.2) is 0 Å². The summed E-state index contributed by atoms with van der Waals surface area (Å²) in [5.74, 6) is 1.09. The quantitative estimate of drug-likeness (QED) is 0.597. The molecule has 1 aliphatic heterocycles. The van der Waals surface area contributed by atoms with Crippen molar-refractivity contribution in [2.24, 2.45) is 0 Å². The highest BCUT2D eigenvalue weighted by Gasteiger charge is 2.20. The zero-order valence-electron chi connectivity index (χ0n) is 16.6. The zero-order chi connectivity index (χ0) is 21.1. The van der Waals surface area contributed by atoms with Crippen LogP contribution in [0.5, 0.6) is 17.2 Å². The van der Waals surface area contributed by atoms with Crippen LogP contribution in [0.25, 0.3) is 11.0 Å². The van der Waals surface area contributed by atoms with Gasteiger partial charge in [-0.05, 0) is 36.8 Å². The molecule has 1 atom stereocenters.